The molecule has 3 aromatic rings. The summed E-state index contributed by atoms with van der Waals surface area (Å²) in [4.78, 5) is 12.1. The Bertz CT molecular complexity index is 840. The predicted octanol–water partition coefficient (Wildman–Crippen LogP) is 5.06. The van der Waals surface area contributed by atoms with Gasteiger partial charge in [-0.25, -0.2) is 4.39 Å². The molecule has 1 heterocycles. The lowest BCUT2D eigenvalue weighted by Crippen LogP contribution is -2.14. The zero-order valence-electron chi connectivity index (χ0n) is 11.2. The van der Waals surface area contributed by atoms with Crippen LogP contribution in [0.15, 0.2) is 47.1 Å². The molecule has 112 valence electrons. The number of anilines is 1. The Morgan fingerprint density at radius 3 is 2.59 bits per heavy atom. The second-order valence-electron chi connectivity index (χ2n) is 4.78. The topological polar surface area (TPSA) is 42.2 Å². The lowest BCUT2D eigenvalue weighted by Gasteiger charge is -2.06. The summed E-state index contributed by atoms with van der Waals surface area (Å²) in [6.45, 7) is 0. The van der Waals surface area contributed by atoms with Crippen LogP contribution in [0, 0.1) is 5.82 Å². The summed E-state index contributed by atoms with van der Waals surface area (Å²) >= 11 is 11.8. The molecule has 0 fully saturated rings. The lowest BCUT2D eigenvalue weighted by atomic mass is 10.1. The van der Waals surface area contributed by atoms with Crippen molar-refractivity contribution < 1.29 is 13.6 Å². The first-order chi connectivity index (χ1) is 10.5. The maximum absolute atomic E-state index is 13.3. The van der Waals surface area contributed by atoms with E-state index in [9.17, 15) is 9.18 Å². The number of carbonyl (C=O) groups excluding carboxylic acids is 1. The molecule has 1 aromatic heterocycles. The quantitative estimate of drug-likeness (QED) is 0.725. The number of furan rings is 1. The molecule has 0 aliphatic rings. The summed E-state index contributed by atoms with van der Waals surface area (Å²) in [5.74, 6) is -0.650. The van der Waals surface area contributed by atoms with E-state index in [0.717, 1.165) is 0 Å². The highest BCUT2D eigenvalue weighted by atomic mass is 35.5. The average molecular weight is 338 g/mol. The van der Waals surface area contributed by atoms with Crippen LogP contribution in [0.4, 0.5) is 10.1 Å². The van der Waals surface area contributed by atoms with Gasteiger partial charge in [0, 0.05) is 26.7 Å². The zero-order chi connectivity index (χ0) is 15.7. The summed E-state index contributed by atoms with van der Waals surface area (Å²) in [5, 5.41) is 4.14. The highest BCUT2D eigenvalue weighted by Crippen LogP contribution is 2.24. The molecule has 0 spiro atoms. The third-order valence-electron chi connectivity index (χ3n) is 3.11. The van der Waals surface area contributed by atoms with Gasteiger partial charge in [-0.05, 0) is 36.4 Å². The predicted molar refractivity (Wildman–Crippen MR) is 85.0 cm³/mol. The van der Waals surface area contributed by atoms with Crippen molar-refractivity contribution in [1.29, 1.82) is 0 Å². The fraction of sp³-hybridized carbons (Fsp3) is 0.0625. The van der Waals surface area contributed by atoms with E-state index in [1.54, 1.807) is 18.2 Å². The van der Waals surface area contributed by atoms with Crippen molar-refractivity contribution in [1.82, 2.24) is 0 Å². The molecule has 1 amide bonds. The number of hydrogen-bond donors (Lipinski definition) is 1. The van der Waals surface area contributed by atoms with E-state index in [1.165, 1.54) is 24.5 Å². The lowest BCUT2D eigenvalue weighted by molar-refractivity contribution is -0.115. The van der Waals surface area contributed by atoms with E-state index in [1.807, 2.05) is 0 Å². The number of carbonyl (C=O) groups is 1. The van der Waals surface area contributed by atoms with E-state index in [4.69, 9.17) is 27.6 Å². The number of hydrogen-bond acceptors (Lipinski definition) is 2. The largest absolute Gasteiger partial charge is 0.464 e. The van der Waals surface area contributed by atoms with E-state index in [-0.39, 0.29) is 18.1 Å². The number of nitrogens with one attached hydrogen (secondary N) is 1. The van der Waals surface area contributed by atoms with Crippen molar-refractivity contribution >= 4 is 45.8 Å². The molecule has 0 aliphatic heterocycles. The van der Waals surface area contributed by atoms with Crippen LogP contribution in [0.1, 0.15) is 5.56 Å². The van der Waals surface area contributed by atoms with Gasteiger partial charge in [-0.1, -0.05) is 23.2 Å². The standard InChI is InChI=1S/C16H10Cl2FNO2/c17-10-4-11(18)6-13(5-10)20-16(21)3-9-8-22-15-2-1-12(19)7-14(9)15/h1-2,4-8H,3H2,(H,20,21). The highest BCUT2D eigenvalue weighted by Gasteiger charge is 2.12. The number of fused-ring (bicyclic) bond motifs is 1. The molecule has 0 unspecified atom stereocenters. The van der Waals surface area contributed by atoms with Crippen molar-refractivity contribution in [2.45, 2.75) is 6.42 Å². The summed E-state index contributed by atoms with van der Waals surface area (Å²) in [7, 11) is 0. The molecular formula is C16H10Cl2FNO2. The average Bonchev–Trinajstić information content (AvgIpc) is 2.80. The van der Waals surface area contributed by atoms with Crippen LogP contribution >= 0.6 is 23.2 Å². The molecule has 0 aliphatic carbocycles. The molecular weight excluding hydrogens is 328 g/mol. The van der Waals surface area contributed by atoms with Crippen molar-refractivity contribution in [3.05, 3.63) is 64.1 Å². The maximum Gasteiger partial charge on any atom is 0.228 e. The molecule has 22 heavy (non-hydrogen) atoms. The minimum atomic E-state index is -0.378. The van der Waals surface area contributed by atoms with E-state index >= 15 is 0 Å². The minimum Gasteiger partial charge on any atom is -0.464 e. The molecule has 6 heteroatoms. The van der Waals surface area contributed by atoms with Crippen LogP contribution in [0.25, 0.3) is 11.0 Å². The molecule has 0 radical (unpaired) electrons. The van der Waals surface area contributed by atoms with Crippen LogP contribution in [-0.2, 0) is 11.2 Å². The maximum atomic E-state index is 13.3. The minimum absolute atomic E-state index is 0.0561. The van der Waals surface area contributed by atoms with Gasteiger partial charge in [0.2, 0.25) is 5.91 Å². The Morgan fingerprint density at radius 1 is 1.14 bits per heavy atom. The smallest absolute Gasteiger partial charge is 0.228 e. The fourth-order valence-electron chi connectivity index (χ4n) is 2.20. The van der Waals surface area contributed by atoms with Gasteiger partial charge in [0.1, 0.15) is 11.4 Å². The Hall–Kier alpha value is -2.04. The SMILES string of the molecule is O=C(Cc1coc2ccc(F)cc12)Nc1cc(Cl)cc(Cl)c1. The Morgan fingerprint density at radius 2 is 1.86 bits per heavy atom. The number of benzene rings is 2. The van der Waals surface area contributed by atoms with Crippen LogP contribution in [0.3, 0.4) is 0 Å². The summed E-state index contributed by atoms with van der Waals surface area (Å²) in [6, 6.07) is 8.95. The second kappa shape index (κ2) is 5.99. The molecule has 2 aromatic carbocycles. The van der Waals surface area contributed by atoms with Crippen molar-refractivity contribution in [3.8, 4) is 0 Å². The normalized spacial score (nSPS) is 10.9. The van der Waals surface area contributed by atoms with Gasteiger partial charge >= 0.3 is 0 Å². The van der Waals surface area contributed by atoms with E-state index in [2.05, 4.69) is 5.32 Å². The van der Waals surface area contributed by atoms with Gasteiger partial charge in [0.15, 0.2) is 0 Å². The van der Waals surface area contributed by atoms with Gasteiger partial charge in [0.05, 0.1) is 12.7 Å². The number of rotatable bonds is 3. The summed E-state index contributed by atoms with van der Waals surface area (Å²) in [5.41, 5.74) is 1.65. The number of amides is 1. The molecule has 0 atom stereocenters. The highest BCUT2D eigenvalue weighted by molar-refractivity contribution is 6.35. The van der Waals surface area contributed by atoms with Crippen LogP contribution in [-0.4, -0.2) is 5.91 Å². The van der Waals surface area contributed by atoms with Crippen LogP contribution in [0.2, 0.25) is 10.0 Å². The molecule has 0 saturated heterocycles. The molecule has 3 nitrogen and oxygen atoms in total. The second-order valence-corrected chi connectivity index (χ2v) is 5.66. The third kappa shape index (κ3) is 3.24. The van der Waals surface area contributed by atoms with Crippen molar-refractivity contribution in [2.24, 2.45) is 0 Å². The number of halogens is 3. The van der Waals surface area contributed by atoms with Gasteiger partial charge in [-0.15, -0.1) is 0 Å². The summed E-state index contributed by atoms with van der Waals surface area (Å²) in [6.07, 6.45) is 1.51. The Balaban J connectivity index is 1.79. The van der Waals surface area contributed by atoms with Gasteiger partial charge in [-0.3, -0.25) is 4.79 Å². The van der Waals surface area contributed by atoms with E-state index in [0.29, 0.717) is 32.3 Å². The Labute approximate surface area is 135 Å². The molecule has 0 saturated carbocycles. The molecule has 1 N–H and O–H groups in total. The first-order valence-corrected chi connectivity index (χ1v) is 7.18. The van der Waals surface area contributed by atoms with Gasteiger partial charge in [0.25, 0.3) is 0 Å². The van der Waals surface area contributed by atoms with Crippen LogP contribution < -0.4 is 5.32 Å². The fourth-order valence-corrected chi connectivity index (χ4v) is 2.72. The van der Waals surface area contributed by atoms with Crippen molar-refractivity contribution in [2.75, 3.05) is 5.32 Å². The first-order valence-electron chi connectivity index (χ1n) is 6.43. The monoisotopic (exact) mass is 337 g/mol. The van der Waals surface area contributed by atoms with E-state index < -0.39 is 0 Å². The third-order valence-corrected chi connectivity index (χ3v) is 3.55. The van der Waals surface area contributed by atoms with Gasteiger partial charge < -0.3 is 9.73 Å². The molecule has 0 bridgehead atoms. The summed E-state index contributed by atoms with van der Waals surface area (Å²) < 4.78 is 18.6. The zero-order valence-corrected chi connectivity index (χ0v) is 12.7. The first kappa shape index (κ1) is 14.9. The molecule has 3 rings (SSSR count). The Kier molecular flexibility index (Phi) is 4.05. The van der Waals surface area contributed by atoms with Crippen molar-refractivity contribution in [3.63, 3.8) is 0 Å². The van der Waals surface area contributed by atoms with Gasteiger partial charge in [-0.2, -0.15) is 0 Å². The van der Waals surface area contributed by atoms with Crippen LogP contribution in [0.5, 0.6) is 0 Å².